The van der Waals surface area contributed by atoms with E-state index in [2.05, 4.69) is 23.5 Å². The first kappa shape index (κ1) is 27.2. The Morgan fingerprint density at radius 3 is 2.29 bits per heavy atom. The first-order chi connectivity index (χ1) is 16.6. The van der Waals surface area contributed by atoms with Crippen LogP contribution in [-0.4, -0.2) is 44.3 Å². The van der Waals surface area contributed by atoms with Gasteiger partial charge in [-0.25, -0.2) is 13.1 Å². The number of halogens is 1. The van der Waals surface area contributed by atoms with Crippen LogP contribution in [0.4, 0.5) is 5.69 Å². The Morgan fingerprint density at radius 1 is 0.971 bits per heavy atom. The predicted octanol–water partition coefficient (Wildman–Crippen LogP) is 4.99. The van der Waals surface area contributed by atoms with Gasteiger partial charge in [0.25, 0.3) is 15.9 Å². The molecule has 1 heterocycles. The van der Waals surface area contributed by atoms with Crippen LogP contribution in [0.1, 0.15) is 68.8 Å². The summed E-state index contributed by atoms with van der Waals surface area (Å²) in [6.07, 6.45) is 5.33. The highest BCUT2D eigenvalue weighted by atomic mass is 35.5. The summed E-state index contributed by atoms with van der Waals surface area (Å²) in [5, 5.41) is 0.0370. The molecule has 0 saturated carbocycles. The zero-order valence-corrected chi connectivity index (χ0v) is 22.2. The Hall–Kier alpha value is -2.42. The van der Waals surface area contributed by atoms with Gasteiger partial charge in [-0.1, -0.05) is 43.0 Å². The molecular formula is C26H34ClN3O4S. The fraction of sp³-hybridized carbons (Fsp3) is 0.462. The second kappa shape index (κ2) is 12.0. The maximum absolute atomic E-state index is 13.0. The van der Waals surface area contributed by atoms with Gasteiger partial charge in [-0.05, 0) is 69.1 Å². The van der Waals surface area contributed by atoms with Gasteiger partial charge in [0, 0.05) is 37.3 Å². The lowest BCUT2D eigenvalue weighted by molar-refractivity contribution is -0.116. The minimum atomic E-state index is -4.15. The Balaban J connectivity index is 1.98. The third-order valence-electron chi connectivity index (χ3n) is 6.30. The van der Waals surface area contributed by atoms with E-state index in [1.807, 2.05) is 0 Å². The van der Waals surface area contributed by atoms with Crippen LogP contribution in [0.2, 0.25) is 5.02 Å². The number of amides is 2. The molecule has 0 aliphatic carbocycles. The molecule has 190 valence electrons. The lowest BCUT2D eigenvalue weighted by atomic mass is 10.0. The van der Waals surface area contributed by atoms with Gasteiger partial charge in [-0.2, -0.15) is 0 Å². The van der Waals surface area contributed by atoms with Gasteiger partial charge in [0.15, 0.2) is 0 Å². The van der Waals surface area contributed by atoms with Gasteiger partial charge >= 0.3 is 0 Å². The molecule has 0 bridgehead atoms. The van der Waals surface area contributed by atoms with Crippen LogP contribution in [0.3, 0.4) is 0 Å². The summed E-state index contributed by atoms with van der Waals surface area (Å²) < 4.78 is 27.7. The summed E-state index contributed by atoms with van der Waals surface area (Å²) in [5.41, 5.74) is 1.78. The van der Waals surface area contributed by atoms with Gasteiger partial charge in [-0.3, -0.25) is 14.5 Å². The molecule has 2 aromatic rings. The zero-order valence-electron chi connectivity index (χ0n) is 20.6. The van der Waals surface area contributed by atoms with E-state index in [1.165, 1.54) is 12.1 Å². The zero-order chi connectivity index (χ0) is 25.6. The molecule has 2 amide bonds. The Morgan fingerprint density at radius 2 is 1.63 bits per heavy atom. The van der Waals surface area contributed by atoms with Crippen LogP contribution in [0.15, 0.2) is 47.4 Å². The van der Waals surface area contributed by atoms with Crippen molar-refractivity contribution in [3.63, 3.8) is 0 Å². The first-order valence-corrected chi connectivity index (χ1v) is 13.9. The van der Waals surface area contributed by atoms with Crippen molar-refractivity contribution < 1.29 is 18.0 Å². The van der Waals surface area contributed by atoms with E-state index in [-0.39, 0.29) is 27.4 Å². The molecule has 0 unspecified atom stereocenters. The SMILES string of the molecule is CC(=O)N1CCCCCCCN(C(C)C)Cc2cc(C(=O)NS(=O)(=O)c3ccccc3Cl)ccc21. The average molecular weight is 520 g/mol. The average Bonchev–Trinajstić information content (AvgIpc) is 2.78. The molecule has 0 aromatic heterocycles. The van der Waals surface area contributed by atoms with Crippen molar-refractivity contribution in [2.75, 3.05) is 18.0 Å². The van der Waals surface area contributed by atoms with Crippen LogP contribution in [0.5, 0.6) is 0 Å². The fourth-order valence-corrected chi connectivity index (χ4v) is 5.81. The first-order valence-electron chi connectivity index (χ1n) is 12.1. The quantitative estimate of drug-likeness (QED) is 0.615. The normalized spacial score (nSPS) is 16.2. The van der Waals surface area contributed by atoms with E-state index in [0.717, 1.165) is 49.9 Å². The number of hydrogen-bond donors (Lipinski definition) is 1. The molecule has 9 heteroatoms. The smallest absolute Gasteiger partial charge is 0.265 e. The second-order valence-corrected chi connectivity index (χ2v) is 11.3. The van der Waals surface area contributed by atoms with Crippen LogP contribution in [0.25, 0.3) is 0 Å². The molecular weight excluding hydrogens is 486 g/mol. The number of carbonyl (C=O) groups is 2. The topological polar surface area (TPSA) is 86.8 Å². The number of hydrogen-bond acceptors (Lipinski definition) is 5. The van der Waals surface area contributed by atoms with Crippen molar-refractivity contribution in [1.29, 1.82) is 0 Å². The number of carbonyl (C=O) groups excluding carboxylic acids is 2. The molecule has 3 rings (SSSR count). The molecule has 1 aliphatic rings. The molecule has 1 N–H and O–H groups in total. The van der Waals surface area contributed by atoms with Crippen LogP contribution >= 0.6 is 11.6 Å². The van der Waals surface area contributed by atoms with E-state index < -0.39 is 15.9 Å². The monoisotopic (exact) mass is 519 g/mol. The van der Waals surface area contributed by atoms with E-state index in [0.29, 0.717) is 13.1 Å². The summed E-state index contributed by atoms with van der Waals surface area (Å²) in [6, 6.07) is 11.3. The molecule has 0 radical (unpaired) electrons. The highest BCUT2D eigenvalue weighted by molar-refractivity contribution is 7.90. The Kier molecular flexibility index (Phi) is 9.33. The number of anilines is 1. The van der Waals surface area contributed by atoms with Crippen molar-refractivity contribution in [3.8, 4) is 0 Å². The van der Waals surface area contributed by atoms with Crippen molar-refractivity contribution in [2.45, 2.75) is 70.4 Å². The van der Waals surface area contributed by atoms with Gasteiger partial charge in [-0.15, -0.1) is 0 Å². The molecule has 0 atom stereocenters. The van der Waals surface area contributed by atoms with Gasteiger partial charge in [0.2, 0.25) is 5.91 Å². The molecule has 0 saturated heterocycles. The van der Waals surface area contributed by atoms with Gasteiger partial charge < -0.3 is 4.90 Å². The number of nitrogens with one attached hydrogen (secondary N) is 1. The fourth-order valence-electron chi connectivity index (χ4n) is 4.32. The molecule has 1 aliphatic heterocycles. The largest absolute Gasteiger partial charge is 0.312 e. The number of rotatable bonds is 4. The van der Waals surface area contributed by atoms with Crippen molar-refractivity contribution >= 4 is 39.1 Å². The maximum Gasteiger partial charge on any atom is 0.265 e. The minimum Gasteiger partial charge on any atom is -0.312 e. The Labute approximate surface area is 213 Å². The number of sulfonamides is 1. The lowest BCUT2D eigenvalue weighted by Crippen LogP contribution is -2.35. The van der Waals surface area contributed by atoms with Crippen LogP contribution in [-0.2, 0) is 21.4 Å². The molecule has 35 heavy (non-hydrogen) atoms. The van der Waals surface area contributed by atoms with Crippen molar-refractivity contribution in [1.82, 2.24) is 9.62 Å². The predicted molar refractivity (Wildman–Crippen MR) is 139 cm³/mol. The third-order valence-corrected chi connectivity index (χ3v) is 8.13. The maximum atomic E-state index is 13.0. The highest BCUT2D eigenvalue weighted by Crippen LogP contribution is 2.27. The van der Waals surface area contributed by atoms with E-state index in [1.54, 1.807) is 42.2 Å². The highest BCUT2D eigenvalue weighted by Gasteiger charge is 2.24. The van der Waals surface area contributed by atoms with Gasteiger partial charge in [0.05, 0.1) is 5.02 Å². The van der Waals surface area contributed by atoms with Crippen molar-refractivity contribution in [3.05, 3.63) is 58.6 Å². The third kappa shape index (κ3) is 7.06. The summed E-state index contributed by atoms with van der Waals surface area (Å²) in [6.45, 7) is 7.87. The summed E-state index contributed by atoms with van der Waals surface area (Å²) in [5.74, 6) is -0.804. The minimum absolute atomic E-state index is 0.0370. The lowest BCUT2D eigenvalue weighted by Gasteiger charge is -2.31. The van der Waals surface area contributed by atoms with Crippen LogP contribution < -0.4 is 9.62 Å². The van der Waals surface area contributed by atoms with Crippen LogP contribution in [0, 0.1) is 0 Å². The molecule has 0 fully saturated rings. The number of fused-ring (bicyclic) bond motifs is 1. The molecule has 7 nitrogen and oxygen atoms in total. The standard InChI is InChI=1S/C26H34ClN3O4S/c1-19(2)29-15-9-5-4-6-10-16-30(20(3)31)24-14-13-21(17-22(24)18-29)26(32)28-35(33,34)25-12-8-7-11-23(25)27/h7-8,11-14,17,19H,4-6,9-10,15-16,18H2,1-3H3,(H,28,32). The molecule has 2 aromatic carbocycles. The molecule has 0 spiro atoms. The summed E-state index contributed by atoms with van der Waals surface area (Å²) >= 11 is 6.04. The summed E-state index contributed by atoms with van der Waals surface area (Å²) in [4.78, 5) is 29.5. The van der Waals surface area contributed by atoms with Gasteiger partial charge in [0.1, 0.15) is 4.90 Å². The van der Waals surface area contributed by atoms with Crippen molar-refractivity contribution in [2.24, 2.45) is 0 Å². The summed E-state index contributed by atoms with van der Waals surface area (Å²) in [7, 11) is -4.15. The number of benzene rings is 2. The second-order valence-electron chi connectivity index (χ2n) is 9.21. The number of nitrogens with zero attached hydrogens (tertiary/aromatic N) is 2. The van der Waals surface area contributed by atoms with E-state index in [9.17, 15) is 18.0 Å². The van der Waals surface area contributed by atoms with E-state index in [4.69, 9.17) is 11.6 Å². The Bertz CT molecular complexity index is 1170. The van der Waals surface area contributed by atoms with E-state index >= 15 is 0 Å².